The zero-order chi connectivity index (χ0) is 15.5. The van der Waals surface area contributed by atoms with E-state index in [-0.39, 0.29) is 5.95 Å². The van der Waals surface area contributed by atoms with Crippen LogP contribution in [0.25, 0.3) is 22.0 Å². The highest BCUT2D eigenvalue weighted by molar-refractivity contribution is 5.87. The second-order valence-corrected chi connectivity index (χ2v) is 5.06. The molecule has 0 radical (unpaired) electrons. The third kappa shape index (κ3) is 2.71. The highest BCUT2D eigenvalue weighted by Crippen LogP contribution is 2.31. The Labute approximate surface area is 127 Å². The van der Waals surface area contributed by atoms with Crippen LogP contribution in [0.2, 0.25) is 0 Å². The van der Waals surface area contributed by atoms with Gasteiger partial charge in [0, 0.05) is 24.7 Å². The maximum atomic E-state index is 6.09. The molecule has 0 unspecified atom stereocenters. The lowest BCUT2D eigenvalue weighted by Crippen LogP contribution is -2.07. The number of nitrogens with one attached hydrogen (secondary N) is 1. The second kappa shape index (κ2) is 5.98. The molecule has 2 aromatic heterocycles. The summed E-state index contributed by atoms with van der Waals surface area (Å²) in [4.78, 5) is 8.45. The highest BCUT2D eigenvalue weighted by Gasteiger charge is 2.14. The number of H-pyrrole nitrogens is 1. The highest BCUT2D eigenvalue weighted by atomic mass is 16.5. The lowest BCUT2D eigenvalue weighted by molar-refractivity contribution is 0.195. The molecule has 0 aliphatic rings. The zero-order valence-electron chi connectivity index (χ0n) is 12.3. The van der Waals surface area contributed by atoms with E-state index in [2.05, 4.69) is 20.2 Å². The van der Waals surface area contributed by atoms with Gasteiger partial charge in [-0.1, -0.05) is 6.07 Å². The molecule has 7 heteroatoms. The SMILES string of the molecule is COCCCc1nc(N)nc(N)c1-c1ccc2[nH]ncc2c1. The predicted molar refractivity (Wildman–Crippen MR) is 86.1 cm³/mol. The maximum Gasteiger partial charge on any atom is 0.222 e. The molecule has 0 saturated carbocycles. The van der Waals surface area contributed by atoms with Gasteiger partial charge in [-0.2, -0.15) is 10.1 Å². The van der Waals surface area contributed by atoms with Crippen molar-refractivity contribution in [2.75, 3.05) is 25.2 Å². The first-order valence-electron chi connectivity index (χ1n) is 7.03. The summed E-state index contributed by atoms with van der Waals surface area (Å²) in [6.07, 6.45) is 3.34. The molecule has 5 N–H and O–H groups in total. The van der Waals surface area contributed by atoms with E-state index in [4.69, 9.17) is 16.2 Å². The number of hydrogen-bond donors (Lipinski definition) is 3. The lowest BCUT2D eigenvalue weighted by atomic mass is 10.0. The Morgan fingerprint density at radius 2 is 2.09 bits per heavy atom. The van der Waals surface area contributed by atoms with E-state index in [1.807, 2.05) is 18.2 Å². The van der Waals surface area contributed by atoms with Crippen molar-refractivity contribution in [3.05, 3.63) is 30.1 Å². The summed E-state index contributed by atoms with van der Waals surface area (Å²) in [5.74, 6) is 0.584. The molecule has 0 atom stereocenters. The number of hydrogen-bond acceptors (Lipinski definition) is 6. The molecular weight excluding hydrogens is 280 g/mol. The molecule has 0 aliphatic heterocycles. The minimum atomic E-state index is 0.193. The predicted octanol–water partition coefficient (Wildman–Crippen LogP) is 1.76. The van der Waals surface area contributed by atoms with Crippen LogP contribution < -0.4 is 11.5 Å². The van der Waals surface area contributed by atoms with Crippen LogP contribution in [0.4, 0.5) is 11.8 Å². The van der Waals surface area contributed by atoms with Crippen LogP contribution in [0.1, 0.15) is 12.1 Å². The van der Waals surface area contributed by atoms with Gasteiger partial charge in [-0.15, -0.1) is 0 Å². The van der Waals surface area contributed by atoms with Crippen LogP contribution in [0.5, 0.6) is 0 Å². The smallest absolute Gasteiger partial charge is 0.222 e. The number of methoxy groups -OCH3 is 1. The summed E-state index contributed by atoms with van der Waals surface area (Å²) in [5.41, 5.74) is 15.4. The Balaban J connectivity index is 2.07. The van der Waals surface area contributed by atoms with Crippen molar-refractivity contribution in [2.24, 2.45) is 0 Å². The minimum absolute atomic E-state index is 0.193. The maximum absolute atomic E-state index is 6.09. The number of aromatic amines is 1. The van der Waals surface area contributed by atoms with Gasteiger partial charge in [-0.3, -0.25) is 5.10 Å². The molecule has 7 nitrogen and oxygen atoms in total. The third-order valence-electron chi connectivity index (χ3n) is 3.52. The summed E-state index contributed by atoms with van der Waals surface area (Å²) in [7, 11) is 1.68. The van der Waals surface area contributed by atoms with E-state index in [1.54, 1.807) is 13.3 Å². The van der Waals surface area contributed by atoms with Gasteiger partial charge < -0.3 is 16.2 Å². The van der Waals surface area contributed by atoms with Gasteiger partial charge in [0.25, 0.3) is 0 Å². The average molecular weight is 298 g/mol. The molecular formula is C15H18N6O. The number of fused-ring (bicyclic) bond motifs is 1. The number of aromatic nitrogens is 4. The van der Waals surface area contributed by atoms with Crippen LogP contribution in [0.15, 0.2) is 24.4 Å². The van der Waals surface area contributed by atoms with Crippen molar-refractivity contribution in [1.82, 2.24) is 20.2 Å². The van der Waals surface area contributed by atoms with Crippen LogP contribution in [-0.4, -0.2) is 33.9 Å². The number of rotatable bonds is 5. The molecule has 0 amide bonds. The van der Waals surface area contributed by atoms with Crippen molar-refractivity contribution in [3.63, 3.8) is 0 Å². The molecule has 22 heavy (non-hydrogen) atoms. The first kappa shape index (κ1) is 14.3. The Kier molecular flexibility index (Phi) is 3.88. The minimum Gasteiger partial charge on any atom is -0.385 e. The van der Waals surface area contributed by atoms with E-state index in [1.165, 1.54) is 0 Å². The van der Waals surface area contributed by atoms with Crippen LogP contribution in [0.3, 0.4) is 0 Å². The fourth-order valence-electron chi connectivity index (χ4n) is 2.52. The molecule has 0 saturated heterocycles. The van der Waals surface area contributed by atoms with Gasteiger partial charge >= 0.3 is 0 Å². The largest absolute Gasteiger partial charge is 0.385 e. The van der Waals surface area contributed by atoms with Gasteiger partial charge in [0.05, 0.1) is 17.4 Å². The van der Waals surface area contributed by atoms with E-state index >= 15 is 0 Å². The lowest BCUT2D eigenvalue weighted by Gasteiger charge is -2.12. The number of benzene rings is 1. The number of nitrogens with two attached hydrogens (primary N) is 2. The van der Waals surface area contributed by atoms with Gasteiger partial charge in [-0.05, 0) is 30.5 Å². The fourth-order valence-corrected chi connectivity index (χ4v) is 2.52. The van der Waals surface area contributed by atoms with Gasteiger partial charge in [0.15, 0.2) is 0 Å². The molecule has 0 fully saturated rings. The molecule has 1 aromatic carbocycles. The summed E-state index contributed by atoms with van der Waals surface area (Å²) < 4.78 is 5.10. The molecule has 114 valence electrons. The van der Waals surface area contributed by atoms with Gasteiger partial charge in [0.2, 0.25) is 5.95 Å². The molecule has 0 bridgehead atoms. The summed E-state index contributed by atoms with van der Waals surface area (Å²) in [5, 5.41) is 7.97. The summed E-state index contributed by atoms with van der Waals surface area (Å²) in [6.45, 7) is 0.657. The Bertz CT molecular complexity index is 798. The van der Waals surface area contributed by atoms with Gasteiger partial charge in [-0.25, -0.2) is 4.98 Å². The fraction of sp³-hybridized carbons (Fsp3) is 0.267. The Morgan fingerprint density at radius 1 is 1.23 bits per heavy atom. The van der Waals surface area contributed by atoms with Gasteiger partial charge in [0.1, 0.15) is 5.82 Å². The molecule has 3 aromatic rings. The second-order valence-electron chi connectivity index (χ2n) is 5.06. The monoisotopic (exact) mass is 298 g/mol. The molecule has 0 spiro atoms. The first-order chi connectivity index (χ1) is 10.7. The number of aryl methyl sites for hydroxylation is 1. The molecule has 0 aliphatic carbocycles. The quantitative estimate of drug-likeness (QED) is 0.618. The number of nitrogen functional groups attached to an aromatic ring is 2. The van der Waals surface area contributed by atoms with Crippen molar-refractivity contribution in [2.45, 2.75) is 12.8 Å². The molecule has 3 rings (SSSR count). The van der Waals surface area contributed by atoms with Crippen molar-refractivity contribution in [1.29, 1.82) is 0 Å². The topological polar surface area (TPSA) is 116 Å². The van der Waals surface area contributed by atoms with Crippen LogP contribution in [0, 0.1) is 0 Å². The summed E-state index contributed by atoms with van der Waals surface area (Å²) in [6, 6.07) is 5.96. The zero-order valence-corrected chi connectivity index (χ0v) is 12.3. The van der Waals surface area contributed by atoms with Crippen molar-refractivity contribution < 1.29 is 4.74 Å². The van der Waals surface area contributed by atoms with E-state index in [0.29, 0.717) is 12.4 Å². The van der Waals surface area contributed by atoms with Crippen molar-refractivity contribution >= 4 is 22.7 Å². The Morgan fingerprint density at radius 3 is 2.91 bits per heavy atom. The van der Waals surface area contributed by atoms with E-state index < -0.39 is 0 Å². The number of anilines is 2. The number of ether oxygens (including phenoxy) is 1. The number of nitrogens with zero attached hydrogens (tertiary/aromatic N) is 3. The molecule has 2 heterocycles. The summed E-state index contributed by atoms with van der Waals surface area (Å²) >= 11 is 0. The standard InChI is InChI=1S/C15H18N6O/c1-22-6-2-3-12-13(14(16)20-15(17)19-12)9-4-5-11-10(7-9)8-18-21-11/h4-5,7-8H,2-3,6H2,1H3,(H,18,21)(H4,16,17,19,20). The van der Waals surface area contributed by atoms with Crippen molar-refractivity contribution in [3.8, 4) is 11.1 Å². The van der Waals surface area contributed by atoms with Crippen LogP contribution in [-0.2, 0) is 11.2 Å². The normalized spacial score (nSPS) is 11.1. The van der Waals surface area contributed by atoms with Crippen LogP contribution >= 0.6 is 0 Å². The van der Waals surface area contributed by atoms with E-state index in [0.717, 1.165) is 40.6 Å². The average Bonchev–Trinajstić information content (AvgIpc) is 2.94. The Hall–Kier alpha value is -2.67. The van der Waals surface area contributed by atoms with E-state index in [9.17, 15) is 0 Å². The first-order valence-corrected chi connectivity index (χ1v) is 7.03. The third-order valence-corrected chi connectivity index (χ3v) is 3.52.